The van der Waals surface area contributed by atoms with E-state index in [1.165, 1.54) is 16.7 Å². The van der Waals surface area contributed by atoms with Crippen molar-refractivity contribution in [1.82, 2.24) is 9.97 Å². The molecule has 0 fully saturated rings. The van der Waals surface area contributed by atoms with Crippen LogP contribution >= 0.6 is 23.1 Å². The molecule has 5 heteroatoms. The molecule has 3 aromatic rings. The van der Waals surface area contributed by atoms with Crippen LogP contribution < -0.4 is 0 Å². The van der Waals surface area contributed by atoms with Crippen LogP contribution in [0.3, 0.4) is 0 Å². The summed E-state index contributed by atoms with van der Waals surface area (Å²) in [6, 6.07) is 8.73. The van der Waals surface area contributed by atoms with Crippen molar-refractivity contribution >= 4 is 39.1 Å². The molecule has 0 saturated heterocycles. The Morgan fingerprint density at radius 1 is 1.21 bits per heavy atom. The van der Waals surface area contributed by atoms with Gasteiger partial charge in [0.2, 0.25) is 0 Å². The number of hydrogen-bond acceptors (Lipinski definition) is 5. The molecule has 3 rings (SSSR count). The fourth-order valence-corrected chi connectivity index (χ4v) is 4.54. The lowest BCUT2D eigenvalue weighted by Gasteiger charge is -2.08. The van der Waals surface area contributed by atoms with Gasteiger partial charge >= 0.3 is 0 Å². The Morgan fingerprint density at radius 3 is 2.62 bits per heavy atom. The minimum Gasteiger partial charge on any atom is -0.300 e. The Hall–Kier alpha value is -1.72. The normalized spacial score (nSPS) is 11.3. The number of ketones is 1. The van der Waals surface area contributed by atoms with Crippen LogP contribution in [0.25, 0.3) is 21.3 Å². The summed E-state index contributed by atoms with van der Waals surface area (Å²) in [5.41, 5.74) is 3.70. The van der Waals surface area contributed by atoms with E-state index in [1.54, 1.807) is 36.3 Å². The van der Waals surface area contributed by atoms with Crippen molar-refractivity contribution in [3.05, 3.63) is 41.5 Å². The van der Waals surface area contributed by atoms with Crippen LogP contribution in [-0.2, 0) is 4.79 Å². The van der Waals surface area contributed by atoms with E-state index in [9.17, 15) is 4.79 Å². The number of benzene rings is 1. The molecular formula is C19H20N2OS2. The molecule has 24 heavy (non-hydrogen) atoms. The lowest BCUT2D eigenvalue weighted by molar-refractivity contribution is -0.116. The van der Waals surface area contributed by atoms with E-state index in [-0.39, 0.29) is 5.78 Å². The van der Waals surface area contributed by atoms with Gasteiger partial charge in [0.25, 0.3) is 0 Å². The maximum atomic E-state index is 11.2. The number of carbonyl (C=O) groups excluding carboxylic acids is 1. The van der Waals surface area contributed by atoms with E-state index in [0.29, 0.717) is 12.3 Å². The minimum absolute atomic E-state index is 0.211. The topological polar surface area (TPSA) is 42.9 Å². The number of rotatable bonds is 6. The molecule has 0 unspecified atom stereocenters. The third-order valence-corrected chi connectivity index (χ3v) is 5.79. The third-order valence-electron chi connectivity index (χ3n) is 3.92. The van der Waals surface area contributed by atoms with Gasteiger partial charge in [-0.3, -0.25) is 4.79 Å². The molecule has 0 radical (unpaired) electrons. The second kappa shape index (κ2) is 7.45. The molecule has 0 atom stereocenters. The molecule has 0 spiro atoms. The number of nitrogens with zero attached hydrogens (tertiary/aromatic N) is 2. The smallest absolute Gasteiger partial charge is 0.130 e. The van der Waals surface area contributed by atoms with Crippen molar-refractivity contribution in [2.75, 3.05) is 5.75 Å². The summed E-state index contributed by atoms with van der Waals surface area (Å²) in [7, 11) is 0. The molecular weight excluding hydrogens is 336 g/mol. The quantitative estimate of drug-likeness (QED) is 0.429. The molecule has 0 N–H and O–H groups in total. The average molecular weight is 357 g/mol. The summed E-state index contributed by atoms with van der Waals surface area (Å²) in [5, 5.41) is 4.22. The van der Waals surface area contributed by atoms with Crippen LogP contribution in [0.5, 0.6) is 0 Å². The van der Waals surface area contributed by atoms with Gasteiger partial charge in [0.1, 0.15) is 22.0 Å². The van der Waals surface area contributed by atoms with Crippen LogP contribution in [0.15, 0.2) is 41.0 Å². The van der Waals surface area contributed by atoms with Gasteiger partial charge < -0.3 is 0 Å². The molecule has 0 amide bonds. The Balaban J connectivity index is 1.97. The molecule has 0 saturated carbocycles. The highest BCUT2D eigenvalue weighted by atomic mass is 32.2. The summed E-state index contributed by atoms with van der Waals surface area (Å²) in [4.78, 5) is 21.0. The first-order valence-corrected chi connectivity index (χ1v) is 9.87. The standard InChI is InChI=1S/C19H20N2OS2/c1-12(2)14-4-6-15(7-5-14)16-10-24-19-17(16)18(20-11-21-19)23-9-8-13(3)22/h4-7,10-12H,8-9H2,1-3H3. The van der Waals surface area contributed by atoms with Crippen molar-refractivity contribution in [2.45, 2.75) is 38.1 Å². The van der Waals surface area contributed by atoms with Crippen LogP contribution in [0.2, 0.25) is 0 Å². The lowest BCUT2D eigenvalue weighted by atomic mass is 9.99. The van der Waals surface area contributed by atoms with E-state index >= 15 is 0 Å². The van der Waals surface area contributed by atoms with Crippen LogP contribution in [0, 0.1) is 0 Å². The Bertz CT molecular complexity index is 853. The Morgan fingerprint density at radius 2 is 1.96 bits per heavy atom. The molecule has 1 aromatic carbocycles. The van der Waals surface area contributed by atoms with E-state index in [0.717, 1.165) is 21.0 Å². The van der Waals surface area contributed by atoms with Gasteiger partial charge in [-0.1, -0.05) is 38.1 Å². The Labute approximate surface area is 150 Å². The van der Waals surface area contributed by atoms with Crippen molar-refractivity contribution in [1.29, 1.82) is 0 Å². The van der Waals surface area contributed by atoms with Crippen molar-refractivity contribution in [3.63, 3.8) is 0 Å². The molecule has 124 valence electrons. The maximum Gasteiger partial charge on any atom is 0.130 e. The van der Waals surface area contributed by atoms with Crippen LogP contribution in [-0.4, -0.2) is 21.5 Å². The van der Waals surface area contributed by atoms with Gasteiger partial charge in [-0.05, 0) is 24.0 Å². The summed E-state index contributed by atoms with van der Waals surface area (Å²) in [6.07, 6.45) is 2.18. The largest absolute Gasteiger partial charge is 0.300 e. The monoisotopic (exact) mass is 356 g/mol. The summed E-state index contributed by atoms with van der Waals surface area (Å²) in [6.45, 7) is 6.03. The second-order valence-electron chi connectivity index (χ2n) is 6.09. The minimum atomic E-state index is 0.211. The van der Waals surface area contributed by atoms with Gasteiger partial charge in [0.05, 0.1) is 5.39 Å². The summed E-state index contributed by atoms with van der Waals surface area (Å²) in [5.74, 6) is 1.49. The van der Waals surface area contributed by atoms with Gasteiger partial charge in [-0.2, -0.15) is 0 Å². The zero-order valence-corrected chi connectivity index (χ0v) is 15.7. The zero-order chi connectivity index (χ0) is 17.1. The molecule has 2 aromatic heterocycles. The van der Waals surface area contributed by atoms with Crippen LogP contribution in [0.4, 0.5) is 0 Å². The number of thiophene rings is 1. The number of thioether (sulfide) groups is 1. The summed E-state index contributed by atoms with van der Waals surface area (Å²) >= 11 is 3.28. The first kappa shape index (κ1) is 17.1. The number of hydrogen-bond donors (Lipinski definition) is 0. The zero-order valence-electron chi connectivity index (χ0n) is 14.1. The van der Waals surface area contributed by atoms with Gasteiger partial charge in [-0.15, -0.1) is 23.1 Å². The average Bonchev–Trinajstić information content (AvgIpc) is 2.99. The number of Topliss-reactive ketones (excluding diaryl/α,β-unsaturated/α-hetero) is 1. The van der Waals surface area contributed by atoms with E-state index in [2.05, 4.69) is 53.5 Å². The molecule has 2 heterocycles. The fraction of sp³-hybridized carbons (Fsp3) is 0.316. The fourth-order valence-electron chi connectivity index (χ4n) is 2.51. The van der Waals surface area contributed by atoms with E-state index in [4.69, 9.17) is 0 Å². The van der Waals surface area contributed by atoms with Gasteiger partial charge in [-0.25, -0.2) is 9.97 Å². The molecule has 0 aliphatic carbocycles. The first-order chi connectivity index (χ1) is 11.6. The predicted molar refractivity (Wildman–Crippen MR) is 103 cm³/mol. The number of aromatic nitrogens is 2. The molecule has 0 bridgehead atoms. The van der Waals surface area contributed by atoms with E-state index < -0.39 is 0 Å². The van der Waals surface area contributed by atoms with Gasteiger partial charge in [0, 0.05) is 23.1 Å². The highest BCUT2D eigenvalue weighted by Crippen LogP contribution is 2.38. The van der Waals surface area contributed by atoms with Crippen molar-refractivity contribution < 1.29 is 4.79 Å². The highest BCUT2D eigenvalue weighted by Gasteiger charge is 2.14. The SMILES string of the molecule is CC(=O)CCSc1ncnc2scc(-c3ccc(C(C)C)cc3)c12. The Kier molecular flexibility index (Phi) is 5.31. The second-order valence-corrected chi connectivity index (χ2v) is 8.03. The van der Waals surface area contributed by atoms with Gasteiger partial charge in [0.15, 0.2) is 0 Å². The maximum absolute atomic E-state index is 11.2. The predicted octanol–water partition coefficient (Wildman–Crippen LogP) is 5.55. The highest BCUT2D eigenvalue weighted by molar-refractivity contribution is 7.99. The lowest BCUT2D eigenvalue weighted by Crippen LogP contribution is -1.93. The molecule has 0 aliphatic heterocycles. The van der Waals surface area contributed by atoms with Crippen molar-refractivity contribution in [3.8, 4) is 11.1 Å². The van der Waals surface area contributed by atoms with E-state index in [1.807, 2.05) is 0 Å². The number of fused-ring (bicyclic) bond motifs is 1. The summed E-state index contributed by atoms with van der Waals surface area (Å²) < 4.78 is 0. The molecule has 3 nitrogen and oxygen atoms in total. The first-order valence-electron chi connectivity index (χ1n) is 8.01. The molecule has 0 aliphatic rings. The third kappa shape index (κ3) is 3.68. The number of carbonyl (C=O) groups is 1. The van der Waals surface area contributed by atoms with Crippen LogP contribution in [0.1, 0.15) is 38.7 Å². The van der Waals surface area contributed by atoms with Crippen molar-refractivity contribution in [2.24, 2.45) is 0 Å².